The number of amides is 1. The number of aromatic nitrogens is 1. The molecule has 0 aliphatic carbocycles. The van der Waals surface area contributed by atoms with Crippen LogP contribution < -0.4 is 0 Å². The van der Waals surface area contributed by atoms with Crippen molar-refractivity contribution in [2.45, 2.75) is 46.2 Å². The van der Waals surface area contributed by atoms with Gasteiger partial charge in [-0.2, -0.15) is 26.3 Å². The van der Waals surface area contributed by atoms with Gasteiger partial charge in [-0.25, -0.2) is 4.79 Å². The fourth-order valence-electron chi connectivity index (χ4n) is 2.41. The van der Waals surface area contributed by atoms with E-state index in [1.54, 1.807) is 31.2 Å². The van der Waals surface area contributed by atoms with E-state index in [-0.39, 0.29) is 12.2 Å². The minimum Gasteiger partial charge on any atom is -0.449 e. The summed E-state index contributed by atoms with van der Waals surface area (Å²) < 4.78 is 78.8. The van der Waals surface area contributed by atoms with Gasteiger partial charge < -0.3 is 9.64 Å². The third-order valence-electron chi connectivity index (χ3n) is 3.96. The van der Waals surface area contributed by atoms with Crippen LogP contribution in [-0.2, 0) is 33.6 Å². The summed E-state index contributed by atoms with van der Waals surface area (Å²) >= 11 is 0. The molecule has 0 fully saturated rings. The van der Waals surface area contributed by atoms with E-state index in [2.05, 4.69) is 9.72 Å². The van der Waals surface area contributed by atoms with Gasteiger partial charge in [0.25, 0.3) is 0 Å². The lowest BCUT2D eigenvalue weighted by molar-refractivity contribution is -0.189. The minimum absolute atomic E-state index is 0.00792. The Morgan fingerprint density at radius 1 is 0.969 bits per heavy atom. The first-order chi connectivity index (χ1) is 14.9. The maximum Gasteiger partial charge on any atom is 0.422 e. The quantitative estimate of drug-likeness (QED) is 0.352. The van der Waals surface area contributed by atoms with E-state index in [1.165, 1.54) is 0 Å². The van der Waals surface area contributed by atoms with Gasteiger partial charge in [-0.3, -0.25) is 9.78 Å². The Morgan fingerprint density at radius 2 is 1.59 bits per heavy atom. The third-order valence-corrected chi connectivity index (χ3v) is 3.96. The van der Waals surface area contributed by atoms with Gasteiger partial charge in [0.15, 0.2) is 6.61 Å². The van der Waals surface area contributed by atoms with Gasteiger partial charge in [0, 0.05) is 12.7 Å². The Hall–Kier alpha value is -3.11. The molecule has 2 rings (SSSR count). The van der Waals surface area contributed by atoms with Gasteiger partial charge in [0.2, 0.25) is 0 Å². The van der Waals surface area contributed by atoms with Crippen molar-refractivity contribution in [1.82, 2.24) is 9.88 Å². The number of rotatable bonds is 5. The maximum atomic E-state index is 12.7. The highest BCUT2D eigenvalue weighted by atomic mass is 19.4. The number of hydrogen-bond donors (Lipinski definition) is 0. The zero-order chi connectivity index (χ0) is 24.5. The predicted octanol–water partition coefficient (Wildman–Crippen LogP) is 5.07. The Balaban J connectivity index is 0.00000249. The average molecular weight is 464 g/mol. The number of alkyl halides is 6. The van der Waals surface area contributed by atoms with Crippen LogP contribution in [0.4, 0.5) is 26.3 Å². The number of esters is 1. The van der Waals surface area contributed by atoms with E-state index >= 15 is 0 Å². The number of hydrogen-bond acceptors (Lipinski definition) is 4. The smallest absolute Gasteiger partial charge is 0.422 e. The van der Waals surface area contributed by atoms with Gasteiger partial charge in [-0.05, 0) is 30.2 Å². The number of benzene rings is 1. The topological polar surface area (TPSA) is 59.5 Å². The molecule has 0 N–H and O–H groups in total. The average Bonchev–Trinajstić information content (AvgIpc) is 2.73. The summed E-state index contributed by atoms with van der Waals surface area (Å²) in [5.41, 5.74) is 0.321. The molecule has 0 unspecified atom stereocenters. The van der Waals surface area contributed by atoms with Crippen molar-refractivity contribution >= 4 is 11.9 Å². The first-order valence-electron chi connectivity index (χ1n) is 9.46. The van der Waals surface area contributed by atoms with Crippen molar-refractivity contribution in [2.24, 2.45) is 0 Å². The highest BCUT2D eigenvalue weighted by molar-refractivity contribution is 6.32. The highest BCUT2D eigenvalue weighted by Gasteiger charge is 2.33. The molecule has 0 saturated carbocycles. The van der Waals surface area contributed by atoms with Crippen LogP contribution in [-0.4, -0.2) is 34.5 Å². The number of ether oxygens (including phenoxy) is 1. The molecule has 1 aromatic heterocycles. The Morgan fingerprint density at radius 3 is 2.09 bits per heavy atom. The molecule has 0 radical (unpaired) electrons. The Labute approximate surface area is 181 Å². The van der Waals surface area contributed by atoms with E-state index < -0.39 is 42.9 Å². The van der Waals surface area contributed by atoms with E-state index in [4.69, 9.17) is 0 Å². The van der Waals surface area contributed by atoms with Crippen LogP contribution in [0.3, 0.4) is 0 Å². The van der Waals surface area contributed by atoms with Gasteiger partial charge in [0.1, 0.15) is 0 Å². The number of aryl methyl sites for hydroxylation is 1. The second kappa shape index (κ2) is 11.5. The second-order valence-corrected chi connectivity index (χ2v) is 6.31. The lowest BCUT2D eigenvalue weighted by atomic mass is 10.1. The van der Waals surface area contributed by atoms with Gasteiger partial charge in [0.05, 0.1) is 17.8 Å². The molecule has 1 amide bonds. The summed E-state index contributed by atoms with van der Waals surface area (Å²) in [6.45, 7) is 3.19. The molecule has 0 spiro atoms. The van der Waals surface area contributed by atoms with Gasteiger partial charge in [-0.1, -0.05) is 38.1 Å². The van der Waals surface area contributed by atoms with Crippen molar-refractivity contribution in [3.63, 3.8) is 0 Å². The summed E-state index contributed by atoms with van der Waals surface area (Å²) in [5.74, 6) is -3.10. The number of pyridine rings is 1. The predicted molar refractivity (Wildman–Crippen MR) is 103 cm³/mol. The summed E-state index contributed by atoms with van der Waals surface area (Å²) in [5, 5.41) is 0. The van der Waals surface area contributed by atoms with Gasteiger partial charge >= 0.3 is 24.2 Å². The van der Waals surface area contributed by atoms with Crippen LogP contribution in [0.1, 0.15) is 36.2 Å². The van der Waals surface area contributed by atoms with Crippen molar-refractivity contribution in [1.29, 1.82) is 0 Å². The van der Waals surface area contributed by atoms with E-state index in [0.717, 1.165) is 22.6 Å². The Bertz CT molecular complexity index is 896. The lowest BCUT2D eigenvalue weighted by Gasteiger charge is -2.22. The molecular weight excluding hydrogens is 442 g/mol. The summed E-state index contributed by atoms with van der Waals surface area (Å²) in [4.78, 5) is 28.7. The molecule has 0 aliphatic rings. The zero-order valence-electron chi connectivity index (χ0n) is 17.5. The molecule has 0 saturated heterocycles. The first kappa shape index (κ1) is 26.9. The van der Waals surface area contributed by atoms with Crippen LogP contribution in [0.25, 0.3) is 0 Å². The van der Waals surface area contributed by atoms with E-state index in [1.807, 2.05) is 13.8 Å². The largest absolute Gasteiger partial charge is 0.449 e. The molecule has 0 aliphatic heterocycles. The molecular formula is C21H22F6N2O3. The van der Waals surface area contributed by atoms with Crippen molar-refractivity contribution < 1.29 is 40.7 Å². The molecule has 11 heteroatoms. The maximum absolute atomic E-state index is 12.7. The normalized spacial score (nSPS) is 11.3. The van der Waals surface area contributed by atoms with Crippen LogP contribution in [0.5, 0.6) is 0 Å². The fraction of sp³-hybridized carbons (Fsp3) is 0.381. The number of carbonyl (C=O) groups excluding carboxylic acids is 2. The van der Waals surface area contributed by atoms with E-state index in [0.29, 0.717) is 11.8 Å². The Kier molecular flexibility index (Phi) is 9.67. The summed E-state index contributed by atoms with van der Waals surface area (Å²) in [6.07, 6.45) is -8.86. The van der Waals surface area contributed by atoms with Crippen LogP contribution in [0.15, 0.2) is 42.6 Å². The molecule has 176 valence electrons. The lowest BCUT2D eigenvalue weighted by Crippen LogP contribution is -2.38. The molecule has 2 aromatic rings. The van der Waals surface area contributed by atoms with Crippen LogP contribution >= 0.6 is 0 Å². The number of halogens is 6. The van der Waals surface area contributed by atoms with Crippen molar-refractivity contribution in [2.75, 3.05) is 6.61 Å². The second-order valence-electron chi connectivity index (χ2n) is 6.31. The molecule has 0 bridgehead atoms. The first-order valence-corrected chi connectivity index (χ1v) is 9.46. The summed E-state index contributed by atoms with van der Waals surface area (Å²) in [7, 11) is 0. The third kappa shape index (κ3) is 8.56. The minimum atomic E-state index is -4.81. The zero-order valence-corrected chi connectivity index (χ0v) is 17.5. The SMILES string of the molecule is CC.Cc1ccccc1CN(Cc1ccc(C(F)(F)F)cn1)C(=O)C(=O)OCC(F)(F)F. The molecule has 32 heavy (non-hydrogen) atoms. The van der Waals surface area contributed by atoms with Crippen molar-refractivity contribution in [3.8, 4) is 0 Å². The molecule has 0 atom stereocenters. The summed E-state index contributed by atoms with van der Waals surface area (Å²) in [6, 6.07) is 8.50. The van der Waals surface area contributed by atoms with Crippen LogP contribution in [0.2, 0.25) is 0 Å². The number of carbonyl (C=O) groups is 2. The molecule has 1 heterocycles. The van der Waals surface area contributed by atoms with Gasteiger partial charge in [-0.15, -0.1) is 0 Å². The van der Waals surface area contributed by atoms with Crippen molar-refractivity contribution in [3.05, 3.63) is 65.0 Å². The highest BCUT2D eigenvalue weighted by Crippen LogP contribution is 2.28. The van der Waals surface area contributed by atoms with E-state index in [9.17, 15) is 35.9 Å². The molecule has 5 nitrogen and oxygen atoms in total. The monoisotopic (exact) mass is 464 g/mol. The number of nitrogens with zero attached hydrogens (tertiary/aromatic N) is 2. The fourth-order valence-corrected chi connectivity index (χ4v) is 2.41. The standard InChI is InChI=1S/C19H16F6N2O3.C2H6/c1-12-4-2-3-5-13(12)9-27(16(28)17(29)30-11-18(20,21)22)10-15-7-6-14(8-26-15)19(23,24)25;1-2/h2-8H,9-11H2,1H3;1-2H3. The molecule has 1 aromatic carbocycles. The van der Waals surface area contributed by atoms with Crippen LogP contribution in [0, 0.1) is 6.92 Å².